The molecule has 2 nitrogen and oxygen atoms in total. The summed E-state index contributed by atoms with van der Waals surface area (Å²) in [5, 5.41) is 3.72. The third-order valence-corrected chi connectivity index (χ3v) is 4.46. The van der Waals surface area contributed by atoms with Crippen LogP contribution in [0.1, 0.15) is 37.8 Å². The Bertz CT molecular complexity index is 382. The van der Waals surface area contributed by atoms with Gasteiger partial charge < -0.3 is 5.32 Å². The zero-order chi connectivity index (χ0) is 13.0. The molecule has 1 aliphatic heterocycles. The van der Waals surface area contributed by atoms with Crippen molar-refractivity contribution in [2.45, 2.75) is 45.7 Å². The summed E-state index contributed by atoms with van der Waals surface area (Å²) < 4.78 is 0. The first-order chi connectivity index (χ1) is 8.69. The van der Waals surface area contributed by atoms with Crippen molar-refractivity contribution in [1.29, 1.82) is 0 Å². The van der Waals surface area contributed by atoms with E-state index in [9.17, 15) is 0 Å². The Morgan fingerprint density at radius 3 is 2.61 bits per heavy atom. The molecule has 0 aliphatic carbocycles. The van der Waals surface area contributed by atoms with Gasteiger partial charge in [0.1, 0.15) is 0 Å². The van der Waals surface area contributed by atoms with E-state index in [2.05, 4.69) is 55.3 Å². The van der Waals surface area contributed by atoms with Crippen LogP contribution in [0.4, 0.5) is 0 Å². The van der Waals surface area contributed by atoms with Gasteiger partial charge >= 0.3 is 0 Å². The van der Waals surface area contributed by atoms with Gasteiger partial charge in [-0.25, -0.2) is 0 Å². The van der Waals surface area contributed by atoms with E-state index in [0.29, 0.717) is 5.54 Å². The Morgan fingerprint density at radius 1 is 1.22 bits per heavy atom. The molecule has 100 valence electrons. The molecule has 2 heteroatoms. The highest BCUT2D eigenvalue weighted by atomic mass is 15.2. The van der Waals surface area contributed by atoms with E-state index in [4.69, 9.17) is 0 Å². The molecule has 1 fully saturated rings. The zero-order valence-electron chi connectivity index (χ0n) is 12.0. The molecule has 1 aromatic rings. The average molecular weight is 246 g/mol. The lowest BCUT2D eigenvalue weighted by atomic mass is 9.90. The van der Waals surface area contributed by atoms with Crippen molar-refractivity contribution < 1.29 is 0 Å². The molecule has 0 spiro atoms. The number of hydrogen-bond donors (Lipinski definition) is 1. The normalized spacial score (nSPS) is 19.9. The molecular formula is C16H26N2. The second-order valence-electron chi connectivity index (χ2n) is 5.55. The summed E-state index contributed by atoms with van der Waals surface area (Å²) in [6.07, 6.45) is 2.43. The number of piperazine rings is 1. The van der Waals surface area contributed by atoms with Crippen molar-refractivity contribution >= 4 is 0 Å². The zero-order valence-corrected chi connectivity index (χ0v) is 12.0. The van der Waals surface area contributed by atoms with E-state index in [-0.39, 0.29) is 0 Å². The number of aryl methyl sites for hydroxylation is 1. The third kappa shape index (κ3) is 2.93. The minimum Gasteiger partial charge on any atom is -0.309 e. The molecule has 0 amide bonds. The molecule has 0 unspecified atom stereocenters. The lowest BCUT2D eigenvalue weighted by Gasteiger charge is -2.43. The van der Waals surface area contributed by atoms with Crippen LogP contribution in [-0.2, 0) is 6.54 Å². The first-order valence-corrected chi connectivity index (χ1v) is 7.21. The topological polar surface area (TPSA) is 15.3 Å². The summed E-state index contributed by atoms with van der Waals surface area (Å²) in [7, 11) is 0. The summed E-state index contributed by atoms with van der Waals surface area (Å²) in [6, 6.07) is 8.75. The molecule has 1 aromatic carbocycles. The second kappa shape index (κ2) is 5.85. The van der Waals surface area contributed by atoms with Crippen LogP contribution in [0.2, 0.25) is 0 Å². The van der Waals surface area contributed by atoms with Gasteiger partial charge in [0.2, 0.25) is 0 Å². The highest BCUT2D eigenvalue weighted by Crippen LogP contribution is 2.21. The lowest BCUT2D eigenvalue weighted by molar-refractivity contribution is 0.118. The van der Waals surface area contributed by atoms with E-state index < -0.39 is 0 Å². The molecule has 1 heterocycles. The van der Waals surface area contributed by atoms with Gasteiger partial charge in [0, 0.05) is 31.7 Å². The predicted octanol–water partition coefficient (Wildman–Crippen LogP) is 2.96. The Kier molecular flexibility index (Phi) is 4.41. The molecule has 0 bridgehead atoms. The van der Waals surface area contributed by atoms with Crippen LogP contribution in [0.25, 0.3) is 0 Å². The summed E-state index contributed by atoms with van der Waals surface area (Å²) in [4.78, 5) is 2.60. The summed E-state index contributed by atoms with van der Waals surface area (Å²) >= 11 is 0. The van der Waals surface area contributed by atoms with Gasteiger partial charge in [-0.05, 0) is 30.9 Å². The molecular weight excluding hydrogens is 220 g/mol. The molecule has 2 rings (SSSR count). The molecule has 1 aliphatic rings. The average Bonchev–Trinajstić information content (AvgIpc) is 2.41. The third-order valence-electron chi connectivity index (χ3n) is 4.46. The minimum absolute atomic E-state index is 0.334. The molecule has 1 saturated heterocycles. The maximum Gasteiger partial charge on any atom is 0.0304 e. The Hall–Kier alpha value is -0.860. The van der Waals surface area contributed by atoms with Crippen LogP contribution < -0.4 is 5.32 Å². The fraction of sp³-hybridized carbons (Fsp3) is 0.625. The van der Waals surface area contributed by atoms with E-state index in [0.717, 1.165) is 19.6 Å². The SMILES string of the molecule is CCC1(CC)CN(Cc2ccccc2C)CCN1. The number of hydrogen-bond acceptors (Lipinski definition) is 2. The maximum absolute atomic E-state index is 3.72. The second-order valence-corrected chi connectivity index (χ2v) is 5.55. The van der Waals surface area contributed by atoms with Gasteiger partial charge in [0.05, 0.1) is 0 Å². The van der Waals surface area contributed by atoms with Crippen molar-refractivity contribution in [2.75, 3.05) is 19.6 Å². The molecule has 0 aromatic heterocycles. The fourth-order valence-corrected chi connectivity index (χ4v) is 2.93. The molecule has 1 N–H and O–H groups in total. The van der Waals surface area contributed by atoms with Gasteiger partial charge in [0.25, 0.3) is 0 Å². The Morgan fingerprint density at radius 2 is 1.94 bits per heavy atom. The molecule has 0 saturated carbocycles. The van der Waals surface area contributed by atoms with Crippen LogP contribution in [0.5, 0.6) is 0 Å². The van der Waals surface area contributed by atoms with Gasteiger partial charge in [-0.3, -0.25) is 4.90 Å². The highest BCUT2D eigenvalue weighted by Gasteiger charge is 2.31. The number of nitrogens with one attached hydrogen (secondary N) is 1. The van der Waals surface area contributed by atoms with Crippen LogP contribution >= 0.6 is 0 Å². The summed E-state index contributed by atoms with van der Waals surface area (Å²) in [6.45, 7) is 11.4. The minimum atomic E-state index is 0.334. The number of benzene rings is 1. The van der Waals surface area contributed by atoms with Crippen molar-refractivity contribution in [1.82, 2.24) is 10.2 Å². The molecule has 18 heavy (non-hydrogen) atoms. The van der Waals surface area contributed by atoms with Crippen LogP contribution in [-0.4, -0.2) is 30.1 Å². The largest absolute Gasteiger partial charge is 0.309 e. The fourth-order valence-electron chi connectivity index (χ4n) is 2.93. The van der Waals surface area contributed by atoms with E-state index in [1.54, 1.807) is 0 Å². The van der Waals surface area contributed by atoms with Gasteiger partial charge in [0.15, 0.2) is 0 Å². The summed E-state index contributed by atoms with van der Waals surface area (Å²) in [5.74, 6) is 0. The van der Waals surface area contributed by atoms with Crippen LogP contribution in [0, 0.1) is 6.92 Å². The Balaban J connectivity index is 2.04. The van der Waals surface area contributed by atoms with Gasteiger partial charge in [-0.2, -0.15) is 0 Å². The number of rotatable bonds is 4. The van der Waals surface area contributed by atoms with Crippen molar-refractivity contribution in [3.05, 3.63) is 35.4 Å². The lowest BCUT2D eigenvalue weighted by Crippen LogP contribution is -2.59. The first kappa shape index (κ1) is 13.6. The van der Waals surface area contributed by atoms with Crippen LogP contribution in [0.3, 0.4) is 0 Å². The molecule has 0 radical (unpaired) electrons. The van der Waals surface area contributed by atoms with E-state index in [1.165, 1.54) is 30.5 Å². The number of nitrogens with zero attached hydrogens (tertiary/aromatic N) is 1. The predicted molar refractivity (Wildman–Crippen MR) is 77.8 cm³/mol. The molecule has 0 atom stereocenters. The first-order valence-electron chi connectivity index (χ1n) is 7.21. The van der Waals surface area contributed by atoms with Crippen molar-refractivity contribution in [2.24, 2.45) is 0 Å². The van der Waals surface area contributed by atoms with Crippen LogP contribution in [0.15, 0.2) is 24.3 Å². The van der Waals surface area contributed by atoms with Crippen molar-refractivity contribution in [3.63, 3.8) is 0 Å². The quantitative estimate of drug-likeness (QED) is 0.878. The van der Waals surface area contributed by atoms with E-state index in [1.807, 2.05) is 0 Å². The Labute approximate surface area is 111 Å². The smallest absolute Gasteiger partial charge is 0.0304 e. The standard InChI is InChI=1S/C16H26N2/c1-4-16(5-2)13-18(11-10-17-16)12-15-9-7-6-8-14(15)3/h6-9,17H,4-5,10-13H2,1-3H3. The van der Waals surface area contributed by atoms with Gasteiger partial charge in [-0.15, -0.1) is 0 Å². The highest BCUT2D eigenvalue weighted by molar-refractivity contribution is 5.25. The maximum atomic E-state index is 3.72. The van der Waals surface area contributed by atoms with Crippen molar-refractivity contribution in [3.8, 4) is 0 Å². The van der Waals surface area contributed by atoms with Gasteiger partial charge in [-0.1, -0.05) is 38.1 Å². The monoisotopic (exact) mass is 246 g/mol. The summed E-state index contributed by atoms with van der Waals surface area (Å²) in [5.41, 5.74) is 3.22. The van der Waals surface area contributed by atoms with E-state index >= 15 is 0 Å².